The SMILES string of the molecule is C[Si](c1cccc(-c2ccncc2)c1)(c1ccnc(-c2ccncc2)c1)c1ccnc(-c2ccncc2)c1. The minimum Gasteiger partial charge on any atom is -0.265 e. The van der Waals surface area contributed by atoms with Gasteiger partial charge in [-0.05, 0) is 87.4 Å². The molecule has 0 radical (unpaired) electrons. The molecular formula is C32H25N5Si. The van der Waals surface area contributed by atoms with Gasteiger partial charge in [-0.2, -0.15) is 0 Å². The number of rotatable bonds is 6. The van der Waals surface area contributed by atoms with Crippen molar-refractivity contribution >= 4 is 23.6 Å². The maximum Gasteiger partial charge on any atom is 0.145 e. The Bertz CT molecular complexity index is 1480. The molecule has 182 valence electrons. The molecular weight excluding hydrogens is 482 g/mol. The van der Waals surface area contributed by atoms with Gasteiger partial charge in [0.2, 0.25) is 0 Å². The topological polar surface area (TPSA) is 64.5 Å². The Labute approximate surface area is 223 Å². The fraction of sp³-hybridized carbons (Fsp3) is 0.0312. The van der Waals surface area contributed by atoms with Crippen molar-refractivity contribution in [1.29, 1.82) is 0 Å². The summed E-state index contributed by atoms with van der Waals surface area (Å²) in [5, 5.41) is 3.86. The van der Waals surface area contributed by atoms with Gasteiger partial charge in [0.25, 0.3) is 0 Å². The number of aromatic nitrogens is 5. The van der Waals surface area contributed by atoms with E-state index in [1.165, 1.54) is 21.1 Å². The average Bonchev–Trinajstić information content (AvgIpc) is 3.02. The molecule has 5 aromatic heterocycles. The highest BCUT2D eigenvalue weighted by Crippen LogP contribution is 2.21. The summed E-state index contributed by atoms with van der Waals surface area (Å²) < 4.78 is 0. The van der Waals surface area contributed by atoms with Crippen LogP contribution in [0.4, 0.5) is 0 Å². The second-order valence-corrected chi connectivity index (χ2v) is 13.3. The summed E-state index contributed by atoms with van der Waals surface area (Å²) >= 11 is 0. The molecule has 0 saturated carbocycles. The zero-order valence-corrected chi connectivity index (χ0v) is 21.9. The van der Waals surface area contributed by atoms with E-state index in [1.54, 1.807) is 0 Å². The first-order chi connectivity index (χ1) is 18.7. The van der Waals surface area contributed by atoms with Crippen molar-refractivity contribution in [1.82, 2.24) is 24.9 Å². The van der Waals surface area contributed by atoms with Crippen LogP contribution in [0.5, 0.6) is 0 Å². The number of benzene rings is 1. The van der Waals surface area contributed by atoms with Gasteiger partial charge in [-0.3, -0.25) is 24.9 Å². The molecule has 5 nitrogen and oxygen atoms in total. The zero-order valence-electron chi connectivity index (χ0n) is 20.9. The minimum absolute atomic E-state index is 0.942. The van der Waals surface area contributed by atoms with Gasteiger partial charge in [0.15, 0.2) is 0 Å². The van der Waals surface area contributed by atoms with Crippen molar-refractivity contribution in [3.63, 3.8) is 0 Å². The van der Waals surface area contributed by atoms with E-state index < -0.39 is 8.07 Å². The number of nitrogens with zero attached hydrogens (tertiary/aromatic N) is 5. The van der Waals surface area contributed by atoms with E-state index in [2.05, 4.69) is 82.2 Å². The Morgan fingerprint density at radius 1 is 0.421 bits per heavy atom. The lowest BCUT2D eigenvalue weighted by Crippen LogP contribution is -2.64. The molecule has 0 atom stereocenters. The monoisotopic (exact) mass is 507 g/mol. The summed E-state index contributed by atoms with van der Waals surface area (Å²) in [7, 11) is -2.50. The summed E-state index contributed by atoms with van der Waals surface area (Å²) in [4.78, 5) is 22.0. The van der Waals surface area contributed by atoms with Crippen LogP contribution in [-0.2, 0) is 0 Å². The summed E-state index contributed by atoms with van der Waals surface area (Å²) in [5.74, 6) is 0. The maximum atomic E-state index is 4.71. The summed E-state index contributed by atoms with van der Waals surface area (Å²) in [6.45, 7) is 2.41. The lowest BCUT2D eigenvalue weighted by atomic mass is 10.1. The zero-order chi connectivity index (χ0) is 25.8. The summed E-state index contributed by atoms with van der Waals surface area (Å²) in [6.07, 6.45) is 14.8. The van der Waals surface area contributed by atoms with Crippen molar-refractivity contribution < 1.29 is 0 Å². The molecule has 6 rings (SSSR count). The molecule has 0 N–H and O–H groups in total. The summed E-state index contributed by atoms with van der Waals surface area (Å²) in [5.41, 5.74) is 6.31. The number of hydrogen-bond acceptors (Lipinski definition) is 5. The van der Waals surface area contributed by atoms with Gasteiger partial charge in [0.05, 0.1) is 11.4 Å². The molecule has 0 saturated heterocycles. The van der Waals surface area contributed by atoms with E-state index >= 15 is 0 Å². The van der Waals surface area contributed by atoms with E-state index in [4.69, 9.17) is 9.97 Å². The predicted octanol–water partition coefficient (Wildman–Crippen LogP) is 4.76. The van der Waals surface area contributed by atoms with Gasteiger partial charge in [-0.25, -0.2) is 0 Å². The van der Waals surface area contributed by atoms with Crippen molar-refractivity contribution in [3.05, 3.63) is 135 Å². The Morgan fingerprint density at radius 2 is 0.868 bits per heavy atom. The molecule has 0 fully saturated rings. The molecule has 38 heavy (non-hydrogen) atoms. The third kappa shape index (κ3) is 4.53. The quantitative estimate of drug-likeness (QED) is 0.304. The van der Waals surface area contributed by atoms with Crippen LogP contribution in [0, 0.1) is 0 Å². The van der Waals surface area contributed by atoms with Crippen LogP contribution in [-0.4, -0.2) is 33.0 Å². The van der Waals surface area contributed by atoms with Gasteiger partial charge < -0.3 is 0 Å². The molecule has 1 aromatic carbocycles. The fourth-order valence-corrected chi connectivity index (χ4v) is 8.44. The van der Waals surface area contributed by atoms with Crippen LogP contribution < -0.4 is 15.6 Å². The van der Waals surface area contributed by atoms with Gasteiger partial charge >= 0.3 is 0 Å². The fourth-order valence-electron chi connectivity index (χ4n) is 4.90. The lowest BCUT2D eigenvalue weighted by Gasteiger charge is -2.30. The van der Waals surface area contributed by atoms with Crippen LogP contribution in [0.15, 0.2) is 135 Å². The molecule has 0 amide bonds. The highest BCUT2D eigenvalue weighted by Gasteiger charge is 2.35. The summed E-state index contributed by atoms with van der Waals surface area (Å²) in [6, 6.07) is 29.9. The molecule has 0 aliphatic heterocycles. The van der Waals surface area contributed by atoms with Crippen molar-refractivity contribution in [2.24, 2.45) is 0 Å². The Hall–Kier alpha value is -4.81. The predicted molar refractivity (Wildman–Crippen MR) is 155 cm³/mol. The van der Waals surface area contributed by atoms with Gasteiger partial charge in [0, 0.05) is 60.7 Å². The van der Waals surface area contributed by atoms with Crippen molar-refractivity contribution in [3.8, 4) is 33.6 Å². The largest absolute Gasteiger partial charge is 0.265 e. The molecule has 0 unspecified atom stereocenters. The molecule has 6 aromatic rings. The molecule has 0 aliphatic carbocycles. The maximum absolute atomic E-state index is 4.71. The van der Waals surface area contributed by atoms with Crippen LogP contribution >= 0.6 is 0 Å². The van der Waals surface area contributed by atoms with Crippen molar-refractivity contribution in [2.75, 3.05) is 0 Å². The Balaban J connectivity index is 1.56. The van der Waals surface area contributed by atoms with Crippen LogP contribution in [0.25, 0.3) is 33.6 Å². The van der Waals surface area contributed by atoms with Gasteiger partial charge in [-0.1, -0.05) is 30.8 Å². The normalized spacial score (nSPS) is 11.3. The van der Waals surface area contributed by atoms with Gasteiger partial charge in [0.1, 0.15) is 8.07 Å². The number of pyridine rings is 5. The second-order valence-electron chi connectivity index (χ2n) is 9.27. The van der Waals surface area contributed by atoms with E-state index in [0.717, 1.165) is 28.1 Å². The number of hydrogen-bond donors (Lipinski definition) is 0. The lowest BCUT2D eigenvalue weighted by molar-refractivity contribution is 1.29. The highest BCUT2D eigenvalue weighted by molar-refractivity contribution is 7.10. The molecule has 0 aliphatic rings. The molecule has 0 spiro atoms. The third-order valence-electron chi connectivity index (χ3n) is 7.08. The van der Waals surface area contributed by atoms with E-state index in [1.807, 2.05) is 73.8 Å². The van der Waals surface area contributed by atoms with Gasteiger partial charge in [-0.15, -0.1) is 0 Å². The van der Waals surface area contributed by atoms with E-state index in [9.17, 15) is 0 Å². The molecule has 5 heterocycles. The van der Waals surface area contributed by atoms with Crippen LogP contribution in [0.1, 0.15) is 0 Å². The average molecular weight is 508 g/mol. The molecule has 0 bridgehead atoms. The smallest absolute Gasteiger partial charge is 0.145 e. The standard InChI is InChI=1S/C32H25N5Si/c1-38(28-4-2-3-27(21-28)24-5-13-33-14-6-24,29-11-19-36-31(22-29)25-7-15-34-16-8-25)30-12-20-37-32(23-30)26-9-17-35-18-10-26/h2-23H,1H3. The Kier molecular flexibility index (Phi) is 6.38. The van der Waals surface area contributed by atoms with E-state index in [-0.39, 0.29) is 0 Å². The first kappa shape index (κ1) is 23.6. The first-order valence-electron chi connectivity index (χ1n) is 12.5. The minimum atomic E-state index is -2.50. The van der Waals surface area contributed by atoms with Crippen LogP contribution in [0.2, 0.25) is 6.55 Å². The third-order valence-corrected chi connectivity index (χ3v) is 11.5. The second kappa shape index (κ2) is 10.3. The van der Waals surface area contributed by atoms with Crippen LogP contribution in [0.3, 0.4) is 0 Å². The highest BCUT2D eigenvalue weighted by atomic mass is 28.3. The van der Waals surface area contributed by atoms with Crippen molar-refractivity contribution in [2.45, 2.75) is 6.55 Å². The molecule has 6 heteroatoms. The Morgan fingerprint density at radius 3 is 1.37 bits per heavy atom. The van der Waals surface area contributed by atoms with E-state index in [0.29, 0.717) is 0 Å². The first-order valence-corrected chi connectivity index (χ1v) is 15.0.